The van der Waals surface area contributed by atoms with Gasteiger partial charge in [0, 0.05) is 36.3 Å². The van der Waals surface area contributed by atoms with E-state index in [1.54, 1.807) is 6.08 Å². The summed E-state index contributed by atoms with van der Waals surface area (Å²) in [6.07, 6.45) is 3.58. The lowest BCUT2D eigenvalue weighted by atomic mass is 9.97. The molecule has 0 aliphatic carbocycles. The van der Waals surface area contributed by atoms with Gasteiger partial charge in [-0.3, -0.25) is 0 Å². The summed E-state index contributed by atoms with van der Waals surface area (Å²) < 4.78 is 54.4. The summed E-state index contributed by atoms with van der Waals surface area (Å²) in [5.74, 6) is -1.16. The zero-order valence-corrected chi connectivity index (χ0v) is 18.3. The molecule has 3 heterocycles. The van der Waals surface area contributed by atoms with Crippen LogP contribution in [0.5, 0.6) is 0 Å². The number of aromatic nitrogens is 1. The Morgan fingerprint density at radius 3 is 2.50 bits per heavy atom. The van der Waals surface area contributed by atoms with Crippen LogP contribution in [0.15, 0.2) is 46.6 Å². The summed E-state index contributed by atoms with van der Waals surface area (Å²) in [5, 5.41) is 3.24. The van der Waals surface area contributed by atoms with E-state index >= 15 is 0 Å². The van der Waals surface area contributed by atoms with Gasteiger partial charge in [0.1, 0.15) is 16.7 Å². The standard InChI is InChI=1S/C21H24BF2N3O2S/c1-12-9-20(30(3,28)29)25-11-19(12)26-8-7-17-14(13(26)2)10-18(27(17)22)21-15(23)5-4-6-16(21)24/h4-6,9-10,13,25H,7-8,11,22H2,1-3H3. The molecule has 1 N–H and O–H groups in total. The van der Waals surface area contributed by atoms with Crippen LogP contribution in [0.4, 0.5) is 8.78 Å². The monoisotopic (exact) mass is 431 g/mol. The number of dihydropyridines is 1. The van der Waals surface area contributed by atoms with Gasteiger partial charge in [-0.1, -0.05) is 6.07 Å². The van der Waals surface area contributed by atoms with Crippen molar-refractivity contribution in [3.63, 3.8) is 0 Å². The van der Waals surface area contributed by atoms with Crippen LogP contribution in [0.2, 0.25) is 0 Å². The molecule has 0 fully saturated rings. The molecule has 0 spiro atoms. The topological polar surface area (TPSA) is 54.3 Å². The third-order valence-electron chi connectivity index (χ3n) is 6.10. The van der Waals surface area contributed by atoms with E-state index in [9.17, 15) is 17.2 Å². The van der Waals surface area contributed by atoms with Gasteiger partial charge in [0.2, 0.25) is 7.98 Å². The van der Waals surface area contributed by atoms with Crippen LogP contribution in [0.1, 0.15) is 31.1 Å². The number of rotatable bonds is 3. The van der Waals surface area contributed by atoms with Crippen molar-refractivity contribution in [2.24, 2.45) is 0 Å². The summed E-state index contributed by atoms with van der Waals surface area (Å²) in [5.41, 5.74) is 4.54. The van der Waals surface area contributed by atoms with Crippen molar-refractivity contribution in [1.82, 2.24) is 14.7 Å². The maximum atomic E-state index is 14.4. The maximum absolute atomic E-state index is 14.4. The Bertz CT molecular complexity index is 1180. The molecular weight excluding hydrogens is 407 g/mol. The van der Waals surface area contributed by atoms with Gasteiger partial charge < -0.3 is 14.7 Å². The average Bonchev–Trinajstić information content (AvgIpc) is 2.99. The van der Waals surface area contributed by atoms with Crippen molar-refractivity contribution in [2.45, 2.75) is 26.3 Å². The maximum Gasteiger partial charge on any atom is 0.223 e. The third kappa shape index (κ3) is 3.35. The van der Waals surface area contributed by atoms with Crippen molar-refractivity contribution in [3.8, 4) is 11.3 Å². The Kier molecular flexibility index (Phi) is 5.04. The lowest BCUT2D eigenvalue weighted by Crippen LogP contribution is -2.39. The predicted octanol–water partition coefficient (Wildman–Crippen LogP) is 2.51. The second-order valence-corrected chi connectivity index (χ2v) is 9.95. The first kappa shape index (κ1) is 20.7. The second kappa shape index (κ2) is 7.30. The molecule has 158 valence electrons. The first-order valence-corrected chi connectivity index (χ1v) is 11.7. The number of sulfone groups is 1. The SMILES string of the molecule is Bn1c(-c2c(F)cccc2F)cc2c1CCN(C1=C(C)C=C(S(C)(=O)=O)NC1)C2C. The number of hydrogen-bond donors (Lipinski definition) is 1. The molecule has 2 aromatic rings. The highest BCUT2D eigenvalue weighted by molar-refractivity contribution is 7.94. The fourth-order valence-electron chi connectivity index (χ4n) is 4.49. The van der Waals surface area contributed by atoms with Crippen LogP contribution in [0.25, 0.3) is 11.3 Å². The van der Waals surface area contributed by atoms with E-state index in [1.807, 2.05) is 25.4 Å². The first-order valence-electron chi connectivity index (χ1n) is 9.84. The average molecular weight is 431 g/mol. The van der Waals surface area contributed by atoms with Crippen LogP contribution in [-0.4, -0.2) is 45.1 Å². The van der Waals surface area contributed by atoms with E-state index in [4.69, 9.17) is 0 Å². The lowest BCUT2D eigenvalue weighted by Gasteiger charge is -2.39. The summed E-state index contributed by atoms with van der Waals surface area (Å²) in [6.45, 7) is 5.14. The molecule has 0 saturated carbocycles. The Morgan fingerprint density at radius 2 is 1.90 bits per heavy atom. The van der Waals surface area contributed by atoms with E-state index < -0.39 is 21.5 Å². The van der Waals surface area contributed by atoms with Gasteiger partial charge in [-0.2, -0.15) is 0 Å². The number of nitrogens with one attached hydrogen (secondary N) is 1. The smallest absolute Gasteiger partial charge is 0.223 e. The van der Waals surface area contributed by atoms with E-state index in [1.165, 1.54) is 24.5 Å². The molecule has 0 bridgehead atoms. The second-order valence-electron chi connectivity index (χ2n) is 7.97. The number of benzene rings is 1. The van der Waals surface area contributed by atoms with Gasteiger partial charge >= 0.3 is 0 Å². The van der Waals surface area contributed by atoms with Crippen LogP contribution >= 0.6 is 0 Å². The van der Waals surface area contributed by atoms with Gasteiger partial charge in [0.25, 0.3) is 0 Å². The van der Waals surface area contributed by atoms with Crippen LogP contribution in [-0.2, 0) is 16.3 Å². The fraction of sp³-hybridized carbons (Fsp3) is 0.333. The largest absolute Gasteiger partial charge is 0.396 e. The van der Waals surface area contributed by atoms with Crippen molar-refractivity contribution >= 4 is 17.8 Å². The Labute approximate surface area is 176 Å². The Balaban J connectivity index is 1.74. The minimum Gasteiger partial charge on any atom is -0.396 e. The van der Waals surface area contributed by atoms with Crippen molar-refractivity contribution < 1.29 is 17.2 Å². The normalized spacial score (nSPS) is 19.4. The van der Waals surface area contributed by atoms with Crippen molar-refractivity contribution in [3.05, 3.63) is 69.5 Å². The Hall–Kier alpha value is -2.55. The van der Waals surface area contributed by atoms with Crippen LogP contribution in [0, 0.1) is 11.6 Å². The van der Waals surface area contributed by atoms with Gasteiger partial charge in [0.05, 0.1) is 18.2 Å². The fourth-order valence-corrected chi connectivity index (χ4v) is 5.21. The Morgan fingerprint density at radius 1 is 1.23 bits per heavy atom. The summed E-state index contributed by atoms with van der Waals surface area (Å²) in [6, 6.07) is 5.77. The highest BCUT2D eigenvalue weighted by atomic mass is 32.2. The quantitative estimate of drug-likeness (QED) is 0.760. The minimum absolute atomic E-state index is 0.0105. The molecule has 1 atom stereocenters. The first-order chi connectivity index (χ1) is 14.1. The van der Waals surface area contributed by atoms with Gasteiger partial charge in [0.15, 0.2) is 9.84 Å². The zero-order valence-electron chi connectivity index (χ0n) is 17.5. The molecule has 1 aromatic heterocycles. The number of halogens is 2. The molecule has 2 aliphatic rings. The summed E-state index contributed by atoms with van der Waals surface area (Å²) >= 11 is 0. The molecule has 0 radical (unpaired) electrons. The predicted molar refractivity (Wildman–Crippen MR) is 116 cm³/mol. The number of allylic oxidation sites excluding steroid dienone is 2. The van der Waals surface area contributed by atoms with Gasteiger partial charge in [-0.25, -0.2) is 17.2 Å². The number of nitrogens with zero attached hydrogens (tertiary/aromatic N) is 2. The molecule has 1 unspecified atom stereocenters. The summed E-state index contributed by atoms with van der Waals surface area (Å²) in [4.78, 5) is 2.24. The van der Waals surface area contributed by atoms with Crippen molar-refractivity contribution in [2.75, 3.05) is 19.3 Å². The zero-order chi connectivity index (χ0) is 21.8. The van der Waals surface area contributed by atoms with E-state index in [0.717, 1.165) is 35.5 Å². The summed E-state index contributed by atoms with van der Waals surface area (Å²) in [7, 11) is -1.45. The van der Waals surface area contributed by atoms with Gasteiger partial charge in [-0.05, 0) is 49.3 Å². The molecule has 0 amide bonds. The highest BCUT2D eigenvalue weighted by Gasteiger charge is 2.31. The number of hydrogen-bond acceptors (Lipinski definition) is 4. The van der Waals surface area contributed by atoms with Crippen LogP contribution in [0.3, 0.4) is 0 Å². The van der Waals surface area contributed by atoms with E-state index in [-0.39, 0.29) is 16.6 Å². The number of fused-ring (bicyclic) bond motifs is 1. The molecule has 4 rings (SSSR count). The lowest BCUT2D eigenvalue weighted by molar-refractivity contribution is 0.247. The molecule has 1 aromatic carbocycles. The van der Waals surface area contributed by atoms with Gasteiger partial charge in [-0.15, -0.1) is 0 Å². The molecule has 9 heteroatoms. The molecule has 0 saturated heterocycles. The molecule has 2 aliphatic heterocycles. The minimum atomic E-state index is -3.29. The van der Waals surface area contributed by atoms with Crippen LogP contribution < -0.4 is 5.32 Å². The van der Waals surface area contributed by atoms with E-state index in [0.29, 0.717) is 12.2 Å². The molecular formula is C21H24BF2N3O2S. The molecule has 5 nitrogen and oxygen atoms in total. The third-order valence-corrected chi connectivity index (χ3v) is 7.16. The van der Waals surface area contributed by atoms with Crippen molar-refractivity contribution in [1.29, 1.82) is 0 Å². The molecule has 30 heavy (non-hydrogen) atoms. The highest BCUT2D eigenvalue weighted by Crippen LogP contribution is 2.39. The van der Waals surface area contributed by atoms with E-state index in [2.05, 4.69) is 17.1 Å².